The number of benzene rings is 4. The number of carbonyl (C=O) groups is 2. The maximum absolute atomic E-state index is 14.6. The van der Waals surface area contributed by atoms with Crippen LogP contribution in [0.2, 0.25) is 0 Å². The summed E-state index contributed by atoms with van der Waals surface area (Å²) in [5.74, 6) is 0.226. The van der Waals surface area contributed by atoms with Crippen LogP contribution in [0.25, 0.3) is 6.08 Å². The summed E-state index contributed by atoms with van der Waals surface area (Å²) < 4.78 is 51.1. The number of nitrogens with zero attached hydrogens (tertiary/aromatic N) is 5. The summed E-state index contributed by atoms with van der Waals surface area (Å²) in [4.78, 5) is 38.6. The van der Waals surface area contributed by atoms with Crippen LogP contribution >= 0.6 is 0 Å². The zero-order valence-corrected chi connectivity index (χ0v) is 32.3. The first-order chi connectivity index (χ1) is 26.9. The maximum Gasteiger partial charge on any atom is 0.416 e. The van der Waals surface area contributed by atoms with Gasteiger partial charge in [-0.2, -0.15) is 13.2 Å². The number of hydrogen-bond donors (Lipinski definition) is 0. The molecular formula is C44H50F3N5O4. The lowest BCUT2D eigenvalue weighted by molar-refractivity contribution is -0.143. The molecule has 1 fully saturated rings. The molecule has 0 spiro atoms. The van der Waals surface area contributed by atoms with Gasteiger partial charge in [-0.25, -0.2) is 0 Å². The van der Waals surface area contributed by atoms with Gasteiger partial charge < -0.3 is 34.0 Å². The van der Waals surface area contributed by atoms with E-state index in [0.29, 0.717) is 45.0 Å². The Morgan fingerprint density at radius 2 is 1.50 bits per heavy atom. The van der Waals surface area contributed by atoms with E-state index in [1.807, 2.05) is 61.6 Å². The molecule has 1 saturated heterocycles. The zero-order valence-electron chi connectivity index (χ0n) is 32.3. The Balaban J connectivity index is 1.22. The first kappa shape index (κ1) is 40.3. The molecule has 4 aromatic carbocycles. The van der Waals surface area contributed by atoms with Crippen LogP contribution in [0, 0.1) is 0 Å². The van der Waals surface area contributed by atoms with Gasteiger partial charge in [0.2, 0.25) is 11.8 Å². The van der Waals surface area contributed by atoms with E-state index in [0.717, 1.165) is 65.6 Å². The Hall–Kier alpha value is -5.33. The fraction of sp³-hybridized carbons (Fsp3) is 0.364. The normalized spacial score (nSPS) is 15.1. The molecule has 2 aliphatic heterocycles. The minimum absolute atomic E-state index is 0.145. The third kappa shape index (κ3) is 10.7. The van der Waals surface area contributed by atoms with E-state index < -0.39 is 23.7 Å². The number of hydrogen-bond acceptors (Lipinski definition) is 7. The summed E-state index contributed by atoms with van der Waals surface area (Å²) in [5, 5.41) is 0. The van der Waals surface area contributed by atoms with Gasteiger partial charge in [0.15, 0.2) is 0 Å². The molecule has 9 nitrogen and oxygen atoms in total. The highest BCUT2D eigenvalue weighted by Crippen LogP contribution is 2.32. The fourth-order valence-electron chi connectivity index (χ4n) is 6.96. The topological polar surface area (TPSA) is 68.8 Å². The van der Waals surface area contributed by atoms with Crippen LogP contribution in [0.1, 0.15) is 27.8 Å². The molecule has 1 atom stereocenters. The zero-order chi connectivity index (χ0) is 39.7. The number of anilines is 2. The largest absolute Gasteiger partial charge is 0.490 e. The van der Waals surface area contributed by atoms with Gasteiger partial charge in [-0.05, 0) is 71.8 Å². The number of amides is 2. The summed E-state index contributed by atoms with van der Waals surface area (Å²) >= 11 is 0. The Kier molecular flexibility index (Phi) is 13.4. The lowest BCUT2D eigenvalue weighted by atomic mass is 10.0. The Morgan fingerprint density at radius 1 is 0.804 bits per heavy atom. The van der Waals surface area contributed by atoms with Crippen molar-refractivity contribution in [2.75, 3.05) is 83.5 Å². The second-order valence-corrected chi connectivity index (χ2v) is 14.5. The van der Waals surface area contributed by atoms with Crippen molar-refractivity contribution in [2.45, 2.75) is 31.7 Å². The highest BCUT2D eigenvalue weighted by molar-refractivity contribution is 5.95. The average Bonchev–Trinajstić information content (AvgIpc) is 3.21. The molecule has 6 rings (SSSR count). The van der Waals surface area contributed by atoms with Gasteiger partial charge in [-0.15, -0.1) is 0 Å². The lowest BCUT2D eigenvalue weighted by Crippen LogP contribution is -2.51. The third-order valence-electron chi connectivity index (χ3n) is 10.3. The standard InChI is InChI=1S/C44H50F3N5O4/c1-48(31-36-13-19-39-41(30-36)56-28-23-49(39)2)21-22-50(3)43(54)40(29-34-7-5-4-6-8-34)52(32-35-11-17-38(18-12-35)51-24-26-55-27-25-51)42(53)20-14-33-9-15-37(16-10-33)44(45,46)47/h4-20,30,40H,21-29,31-32H2,1-3H3/t40-/m0/s1. The second-order valence-electron chi connectivity index (χ2n) is 14.5. The van der Waals surface area contributed by atoms with Gasteiger partial charge in [0.25, 0.3) is 0 Å². The van der Waals surface area contributed by atoms with Crippen molar-refractivity contribution in [3.63, 3.8) is 0 Å². The minimum atomic E-state index is -4.47. The molecule has 12 heteroatoms. The van der Waals surface area contributed by atoms with Gasteiger partial charge in [-0.1, -0.05) is 60.7 Å². The predicted molar refractivity (Wildman–Crippen MR) is 214 cm³/mol. The molecule has 0 aliphatic carbocycles. The first-order valence-corrected chi connectivity index (χ1v) is 19.0. The molecule has 296 valence electrons. The van der Waals surface area contributed by atoms with Crippen molar-refractivity contribution in [3.05, 3.63) is 131 Å². The van der Waals surface area contributed by atoms with E-state index in [1.165, 1.54) is 24.3 Å². The molecular weight excluding hydrogens is 720 g/mol. The Labute approximate surface area is 327 Å². The number of rotatable bonds is 14. The number of halogens is 3. The summed E-state index contributed by atoms with van der Waals surface area (Å²) in [7, 11) is 5.82. The van der Waals surface area contributed by atoms with Crippen molar-refractivity contribution in [1.29, 1.82) is 0 Å². The van der Waals surface area contributed by atoms with E-state index in [9.17, 15) is 22.8 Å². The van der Waals surface area contributed by atoms with Gasteiger partial charge in [0.05, 0.1) is 31.0 Å². The van der Waals surface area contributed by atoms with Gasteiger partial charge in [-0.3, -0.25) is 9.59 Å². The smallest absolute Gasteiger partial charge is 0.416 e. The van der Waals surface area contributed by atoms with Crippen molar-refractivity contribution >= 4 is 29.3 Å². The van der Waals surface area contributed by atoms with Gasteiger partial charge in [0.1, 0.15) is 18.4 Å². The van der Waals surface area contributed by atoms with E-state index in [1.54, 1.807) is 16.8 Å². The summed E-state index contributed by atoms with van der Waals surface area (Å²) in [6.07, 6.45) is -1.37. The second kappa shape index (κ2) is 18.5. The van der Waals surface area contributed by atoms with Crippen molar-refractivity contribution < 1.29 is 32.2 Å². The van der Waals surface area contributed by atoms with Gasteiger partial charge >= 0.3 is 6.18 Å². The highest BCUT2D eigenvalue weighted by Gasteiger charge is 2.32. The number of alkyl halides is 3. The van der Waals surface area contributed by atoms with E-state index in [-0.39, 0.29) is 18.9 Å². The fourth-order valence-corrected chi connectivity index (χ4v) is 6.96. The quantitative estimate of drug-likeness (QED) is 0.134. The monoisotopic (exact) mass is 769 g/mol. The highest BCUT2D eigenvalue weighted by atomic mass is 19.4. The van der Waals surface area contributed by atoms with Crippen molar-refractivity contribution in [1.82, 2.24) is 14.7 Å². The number of ether oxygens (including phenoxy) is 2. The molecule has 0 bridgehead atoms. The van der Waals surface area contributed by atoms with Crippen molar-refractivity contribution in [3.8, 4) is 5.75 Å². The van der Waals surface area contributed by atoms with Crippen LogP contribution in [0.5, 0.6) is 5.75 Å². The third-order valence-corrected chi connectivity index (χ3v) is 10.3. The number of morpholine rings is 1. The molecule has 56 heavy (non-hydrogen) atoms. The molecule has 0 radical (unpaired) electrons. The molecule has 2 amide bonds. The molecule has 0 unspecified atom stereocenters. The summed E-state index contributed by atoms with van der Waals surface area (Å²) in [6.45, 7) is 6.18. The number of likely N-dealkylation sites (N-methyl/N-ethyl adjacent to an activating group) is 3. The number of carbonyl (C=O) groups excluding carboxylic acids is 2. The molecule has 2 heterocycles. The average molecular weight is 770 g/mol. The maximum atomic E-state index is 14.6. The Morgan fingerprint density at radius 3 is 2.20 bits per heavy atom. The molecule has 4 aromatic rings. The predicted octanol–water partition coefficient (Wildman–Crippen LogP) is 6.61. The van der Waals surface area contributed by atoms with Crippen molar-refractivity contribution in [2.24, 2.45) is 0 Å². The van der Waals surface area contributed by atoms with Crippen LogP contribution in [0.4, 0.5) is 24.5 Å². The minimum Gasteiger partial charge on any atom is -0.490 e. The molecule has 0 N–H and O–H groups in total. The van der Waals surface area contributed by atoms with E-state index >= 15 is 0 Å². The lowest BCUT2D eigenvalue weighted by Gasteiger charge is -2.34. The Bertz CT molecular complexity index is 1930. The number of fused-ring (bicyclic) bond motifs is 1. The molecule has 2 aliphatic rings. The molecule has 0 saturated carbocycles. The van der Waals surface area contributed by atoms with Crippen LogP contribution in [-0.4, -0.2) is 106 Å². The van der Waals surface area contributed by atoms with E-state index in [4.69, 9.17) is 9.47 Å². The summed E-state index contributed by atoms with van der Waals surface area (Å²) in [6, 6.07) is 27.6. The van der Waals surface area contributed by atoms with Crippen LogP contribution in [0.3, 0.4) is 0 Å². The van der Waals surface area contributed by atoms with E-state index in [2.05, 4.69) is 39.9 Å². The van der Waals surface area contributed by atoms with Crippen LogP contribution in [0.15, 0.2) is 103 Å². The first-order valence-electron chi connectivity index (χ1n) is 19.0. The van der Waals surface area contributed by atoms with Crippen LogP contribution < -0.4 is 14.5 Å². The van der Waals surface area contributed by atoms with Gasteiger partial charge in [0, 0.05) is 71.5 Å². The summed E-state index contributed by atoms with van der Waals surface area (Å²) in [5.41, 5.74) is 4.62. The SMILES string of the molecule is CN(CCN(C)C(=O)[C@H](Cc1ccccc1)N(Cc1ccc(N2CCOCC2)cc1)C(=O)C=Cc1ccc(C(F)(F)F)cc1)Cc1ccc2c(c1)OCCN2C. The van der Waals surface area contributed by atoms with Crippen LogP contribution in [-0.2, 0) is 40.0 Å². The molecule has 0 aromatic heterocycles.